The Morgan fingerprint density at radius 2 is 1.43 bits per heavy atom. The summed E-state index contributed by atoms with van der Waals surface area (Å²) >= 11 is 0. The number of esters is 1. The molecule has 0 saturated carbocycles. The first kappa shape index (κ1) is 25.1. The third-order valence-electron chi connectivity index (χ3n) is 3.70. The molecule has 0 heterocycles. The zero-order chi connectivity index (χ0) is 16.6. The molecule has 130 valence electrons. The van der Waals surface area contributed by atoms with Gasteiger partial charge in [0.05, 0.1) is 6.61 Å². The third-order valence-corrected chi connectivity index (χ3v) is 3.70. The molecule has 5 nitrogen and oxygen atoms in total. The van der Waals surface area contributed by atoms with Gasteiger partial charge in [-0.2, -0.15) is 0 Å². The molecule has 0 spiro atoms. The zero-order valence-electron chi connectivity index (χ0n) is 15.0. The number of hydrogen-bond acceptors (Lipinski definition) is 5. The van der Waals surface area contributed by atoms with Gasteiger partial charge in [-0.3, -0.25) is 4.79 Å². The summed E-state index contributed by atoms with van der Waals surface area (Å²) in [4.78, 5) is 21.7. The minimum atomic E-state index is -1.20. The molecule has 0 bridgehead atoms. The van der Waals surface area contributed by atoms with Crippen LogP contribution in [0, 0.1) is 0 Å². The Bertz CT molecular complexity index is 300. The molecule has 0 aromatic carbocycles. The van der Waals surface area contributed by atoms with Crippen LogP contribution in [0.5, 0.6) is 0 Å². The molecular formula is C17H32NNaO4. The van der Waals surface area contributed by atoms with Crippen molar-refractivity contribution < 1.29 is 49.0 Å². The smallest absolute Gasteiger partial charge is 0.550 e. The number of carboxylic acid groups (broad SMARTS) is 1. The van der Waals surface area contributed by atoms with Crippen LogP contribution in [0.2, 0.25) is 0 Å². The van der Waals surface area contributed by atoms with E-state index in [0.717, 1.165) is 12.8 Å². The maximum absolute atomic E-state index is 11.5. The van der Waals surface area contributed by atoms with Gasteiger partial charge in [-0.1, -0.05) is 64.7 Å². The standard InChI is InChI=1S/C17H33NO4.Na/c1-2-3-4-5-6-7-8-9-10-11-14-22-17(21)15(18)12-13-16(19)20;/h15H,2-14,18H2,1H3,(H,19,20);/q;+1/p-1. The minimum absolute atomic E-state index is 0. The summed E-state index contributed by atoms with van der Waals surface area (Å²) in [5, 5.41) is 10.3. The van der Waals surface area contributed by atoms with Crippen molar-refractivity contribution in [1.82, 2.24) is 0 Å². The van der Waals surface area contributed by atoms with Crippen molar-refractivity contribution in [3.05, 3.63) is 0 Å². The van der Waals surface area contributed by atoms with Gasteiger partial charge in [-0.05, 0) is 19.3 Å². The van der Waals surface area contributed by atoms with Crippen molar-refractivity contribution in [2.75, 3.05) is 6.61 Å². The van der Waals surface area contributed by atoms with Gasteiger partial charge in [-0.15, -0.1) is 0 Å². The number of ether oxygens (including phenoxy) is 1. The van der Waals surface area contributed by atoms with Crippen LogP contribution in [-0.4, -0.2) is 24.6 Å². The zero-order valence-corrected chi connectivity index (χ0v) is 17.0. The van der Waals surface area contributed by atoms with Crippen LogP contribution in [0.1, 0.15) is 84.0 Å². The number of carboxylic acids is 1. The van der Waals surface area contributed by atoms with E-state index < -0.39 is 18.0 Å². The Labute approximate surface area is 163 Å². The van der Waals surface area contributed by atoms with E-state index >= 15 is 0 Å². The SMILES string of the molecule is CCCCCCCCCCCCOC(=O)C(N)CCC(=O)[O-].[Na+]. The molecule has 0 rings (SSSR count). The number of unbranched alkanes of at least 4 members (excludes halogenated alkanes) is 9. The van der Waals surface area contributed by atoms with Gasteiger partial charge in [0.1, 0.15) is 6.04 Å². The van der Waals surface area contributed by atoms with Crippen LogP contribution in [0.25, 0.3) is 0 Å². The molecule has 0 aromatic rings. The van der Waals surface area contributed by atoms with Gasteiger partial charge in [0, 0.05) is 5.97 Å². The Balaban J connectivity index is 0. The normalized spacial score (nSPS) is 11.6. The van der Waals surface area contributed by atoms with Gasteiger partial charge in [0.25, 0.3) is 0 Å². The summed E-state index contributed by atoms with van der Waals surface area (Å²) in [5.74, 6) is -1.71. The molecule has 0 amide bonds. The number of hydrogen-bond donors (Lipinski definition) is 1. The van der Waals surface area contributed by atoms with Gasteiger partial charge in [-0.25, -0.2) is 0 Å². The van der Waals surface area contributed by atoms with E-state index in [9.17, 15) is 14.7 Å². The van der Waals surface area contributed by atoms with Crippen molar-refractivity contribution in [2.45, 2.75) is 90.0 Å². The van der Waals surface area contributed by atoms with Crippen LogP contribution in [0.3, 0.4) is 0 Å². The van der Waals surface area contributed by atoms with Crippen molar-refractivity contribution in [3.63, 3.8) is 0 Å². The maximum Gasteiger partial charge on any atom is 1.00 e. The fourth-order valence-electron chi connectivity index (χ4n) is 2.26. The molecule has 23 heavy (non-hydrogen) atoms. The Morgan fingerprint density at radius 1 is 0.957 bits per heavy atom. The molecule has 1 unspecified atom stereocenters. The molecule has 2 N–H and O–H groups in total. The second-order valence-corrected chi connectivity index (χ2v) is 5.87. The summed E-state index contributed by atoms with van der Waals surface area (Å²) in [6, 6.07) is -0.860. The molecule has 1 atom stereocenters. The third kappa shape index (κ3) is 18.1. The summed E-state index contributed by atoms with van der Waals surface area (Å²) < 4.78 is 5.03. The fourth-order valence-corrected chi connectivity index (χ4v) is 2.26. The summed E-state index contributed by atoms with van der Waals surface area (Å²) in [5.41, 5.74) is 5.53. The molecule has 0 aliphatic heterocycles. The first-order valence-electron chi connectivity index (χ1n) is 8.70. The first-order valence-corrected chi connectivity index (χ1v) is 8.70. The Hall–Kier alpha value is -0.100. The van der Waals surface area contributed by atoms with Crippen molar-refractivity contribution in [1.29, 1.82) is 0 Å². The van der Waals surface area contributed by atoms with E-state index in [1.54, 1.807) is 0 Å². The molecule has 0 fully saturated rings. The molecule has 6 heteroatoms. The van der Waals surface area contributed by atoms with Gasteiger partial charge < -0.3 is 20.4 Å². The number of carbonyl (C=O) groups excluding carboxylic acids is 2. The largest absolute Gasteiger partial charge is 1.00 e. The van der Waals surface area contributed by atoms with Crippen LogP contribution in [-0.2, 0) is 14.3 Å². The average Bonchev–Trinajstić information content (AvgIpc) is 2.49. The van der Waals surface area contributed by atoms with E-state index in [4.69, 9.17) is 10.5 Å². The van der Waals surface area contributed by atoms with E-state index in [2.05, 4.69) is 6.92 Å². The summed E-state index contributed by atoms with van der Waals surface area (Å²) in [7, 11) is 0. The fraction of sp³-hybridized carbons (Fsp3) is 0.882. The molecule has 0 aliphatic carbocycles. The topological polar surface area (TPSA) is 92.5 Å². The first-order chi connectivity index (χ1) is 10.6. The number of rotatable bonds is 15. The number of aliphatic carboxylic acids is 1. The maximum atomic E-state index is 11.5. The summed E-state index contributed by atoms with van der Waals surface area (Å²) in [6.45, 7) is 2.59. The predicted octanol–water partition coefficient (Wildman–Crippen LogP) is -0.688. The molecule has 0 aromatic heterocycles. The van der Waals surface area contributed by atoms with Crippen LogP contribution in [0.4, 0.5) is 0 Å². The van der Waals surface area contributed by atoms with E-state index in [-0.39, 0.29) is 42.4 Å². The molecular weight excluding hydrogens is 305 g/mol. The van der Waals surface area contributed by atoms with E-state index in [1.165, 1.54) is 51.4 Å². The molecule has 0 aliphatic rings. The predicted molar refractivity (Wildman–Crippen MR) is 85.0 cm³/mol. The monoisotopic (exact) mass is 337 g/mol. The van der Waals surface area contributed by atoms with Crippen LogP contribution >= 0.6 is 0 Å². The molecule has 0 saturated heterocycles. The minimum Gasteiger partial charge on any atom is -0.550 e. The van der Waals surface area contributed by atoms with E-state index in [0.29, 0.717) is 6.61 Å². The quantitative estimate of drug-likeness (QED) is 0.243. The summed E-state index contributed by atoms with van der Waals surface area (Å²) in [6.07, 6.45) is 12.1. The Kier molecular flexibility index (Phi) is 19.9. The Morgan fingerprint density at radius 3 is 1.91 bits per heavy atom. The number of carbonyl (C=O) groups is 2. The van der Waals surface area contributed by atoms with Crippen molar-refractivity contribution >= 4 is 11.9 Å². The average molecular weight is 337 g/mol. The van der Waals surface area contributed by atoms with Gasteiger partial charge >= 0.3 is 35.5 Å². The molecule has 0 radical (unpaired) electrons. The van der Waals surface area contributed by atoms with Crippen molar-refractivity contribution in [3.8, 4) is 0 Å². The van der Waals surface area contributed by atoms with E-state index in [1.807, 2.05) is 0 Å². The second kappa shape index (κ2) is 18.2. The van der Waals surface area contributed by atoms with Crippen molar-refractivity contribution in [2.24, 2.45) is 5.73 Å². The second-order valence-electron chi connectivity index (χ2n) is 5.87. The number of nitrogens with two attached hydrogens (primary N) is 1. The van der Waals surface area contributed by atoms with Crippen LogP contribution < -0.4 is 40.4 Å². The van der Waals surface area contributed by atoms with Gasteiger partial charge in [0.15, 0.2) is 0 Å². The van der Waals surface area contributed by atoms with Gasteiger partial charge in [0.2, 0.25) is 0 Å². The van der Waals surface area contributed by atoms with Crippen LogP contribution in [0.15, 0.2) is 0 Å².